The number of aromatic nitrogens is 2. The Morgan fingerprint density at radius 1 is 0.935 bits per heavy atom. The van der Waals surface area contributed by atoms with E-state index in [2.05, 4.69) is 44.2 Å². The van der Waals surface area contributed by atoms with Gasteiger partial charge in [-0.15, -0.1) is 0 Å². The van der Waals surface area contributed by atoms with Crippen molar-refractivity contribution in [2.45, 2.75) is 68.5 Å². The van der Waals surface area contributed by atoms with Crippen LogP contribution in [0.1, 0.15) is 72.7 Å². The standard InChI is InChI=1S/C13H17N3.C10H11N.3CH4.Y/c1-11(2)14-10-12-8-9-16(15-12)13-6-4-3-5-7-13;1-8(2)10-5-3-4-9(6-10)7-11;;;;/h3-9,11,14H,10H2,1-2H3;3-6,8H,1-2H3;3*1H4;. The molecule has 3 aromatic rings. The van der Waals surface area contributed by atoms with Gasteiger partial charge in [0, 0.05) is 51.5 Å². The van der Waals surface area contributed by atoms with Gasteiger partial charge in [0.05, 0.1) is 23.0 Å². The Kier molecular flexibility index (Phi) is 19.5. The molecule has 0 aliphatic carbocycles. The maximum absolute atomic E-state index is 8.59. The number of benzene rings is 2. The third kappa shape index (κ3) is 12.0. The second kappa shape index (κ2) is 17.8. The molecule has 2 aromatic carbocycles. The summed E-state index contributed by atoms with van der Waals surface area (Å²) in [7, 11) is 0. The van der Waals surface area contributed by atoms with E-state index in [1.54, 1.807) is 0 Å². The molecule has 0 aliphatic rings. The van der Waals surface area contributed by atoms with Crippen molar-refractivity contribution in [3.8, 4) is 11.8 Å². The molecule has 31 heavy (non-hydrogen) atoms. The molecule has 167 valence electrons. The molecule has 0 saturated carbocycles. The molecular formula is C26H40N4Y. The zero-order chi connectivity index (χ0) is 19.6. The first kappa shape index (κ1) is 33.8. The summed E-state index contributed by atoms with van der Waals surface area (Å²) in [6.45, 7) is 9.33. The molecule has 1 heterocycles. The summed E-state index contributed by atoms with van der Waals surface area (Å²) in [6.07, 6.45) is 1.99. The van der Waals surface area contributed by atoms with Crippen LogP contribution in [0.5, 0.6) is 0 Å². The predicted molar refractivity (Wildman–Crippen MR) is 131 cm³/mol. The third-order valence-corrected chi connectivity index (χ3v) is 4.04. The van der Waals surface area contributed by atoms with Crippen LogP contribution in [0.4, 0.5) is 0 Å². The third-order valence-electron chi connectivity index (χ3n) is 4.04. The van der Waals surface area contributed by atoms with Gasteiger partial charge >= 0.3 is 0 Å². The van der Waals surface area contributed by atoms with Crippen LogP contribution in [0.25, 0.3) is 5.69 Å². The van der Waals surface area contributed by atoms with Gasteiger partial charge in [0.25, 0.3) is 0 Å². The summed E-state index contributed by atoms with van der Waals surface area (Å²) >= 11 is 0. The number of nitriles is 1. The molecule has 5 heteroatoms. The van der Waals surface area contributed by atoms with Crippen molar-refractivity contribution in [2.75, 3.05) is 0 Å². The number of nitrogens with zero attached hydrogens (tertiary/aromatic N) is 3. The number of hydrogen-bond donors (Lipinski definition) is 1. The van der Waals surface area contributed by atoms with E-state index < -0.39 is 0 Å². The van der Waals surface area contributed by atoms with Crippen molar-refractivity contribution in [3.05, 3.63) is 83.7 Å². The summed E-state index contributed by atoms with van der Waals surface area (Å²) in [5.41, 5.74) is 4.14. The molecule has 1 N–H and O–H groups in total. The van der Waals surface area contributed by atoms with Gasteiger partial charge in [0.2, 0.25) is 0 Å². The number of hydrogen-bond acceptors (Lipinski definition) is 3. The molecule has 0 fully saturated rings. The van der Waals surface area contributed by atoms with Gasteiger partial charge in [-0.1, -0.05) is 80.3 Å². The second-order valence-electron chi connectivity index (χ2n) is 7.01. The van der Waals surface area contributed by atoms with E-state index in [1.807, 2.05) is 71.5 Å². The molecule has 0 amide bonds. The van der Waals surface area contributed by atoms with Gasteiger partial charge in [-0.05, 0) is 41.8 Å². The molecule has 0 unspecified atom stereocenters. The zero-order valence-corrected chi connectivity index (χ0v) is 20.0. The van der Waals surface area contributed by atoms with Crippen LogP contribution in [0, 0.1) is 11.3 Å². The topological polar surface area (TPSA) is 53.6 Å². The minimum absolute atomic E-state index is 0. The Bertz CT molecular complexity index is 864. The first-order chi connectivity index (χ1) is 13.0. The van der Waals surface area contributed by atoms with E-state index in [4.69, 9.17) is 5.26 Å². The first-order valence-electron chi connectivity index (χ1n) is 9.33. The summed E-state index contributed by atoms with van der Waals surface area (Å²) in [4.78, 5) is 0. The number of nitrogens with one attached hydrogen (secondary N) is 1. The van der Waals surface area contributed by atoms with E-state index >= 15 is 0 Å². The summed E-state index contributed by atoms with van der Waals surface area (Å²) in [5, 5.41) is 16.5. The fourth-order valence-corrected chi connectivity index (χ4v) is 2.46. The molecule has 0 bridgehead atoms. The second-order valence-corrected chi connectivity index (χ2v) is 7.01. The van der Waals surface area contributed by atoms with Gasteiger partial charge in [-0.25, -0.2) is 4.68 Å². The molecule has 0 atom stereocenters. The van der Waals surface area contributed by atoms with Crippen LogP contribution in [-0.4, -0.2) is 15.8 Å². The van der Waals surface area contributed by atoms with Crippen LogP contribution < -0.4 is 5.32 Å². The normalized spacial score (nSPS) is 9.06. The van der Waals surface area contributed by atoms with Crippen molar-refractivity contribution in [1.82, 2.24) is 15.1 Å². The van der Waals surface area contributed by atoms with Crippen LogP contribution in [0.15, 0.2) is 66.9 Å². The largest absolute Gasteiger partial charge is 0.309 e. The average Bonchev–Trinajstić information content (AvgIpc) is 3.17. The van der Waals surface area contributed by atoms with Crippen molar-refractivity contribution in [2.24, 2.45) is 0 Å². The number of rotatable bonds is 5. The van der Waals surface area contributed by atoms with E-state index in [9.17, 15) is 0 Å². The summed E-state index contributed by atoms with van der Waals surface area (Å²) in [5.74, 6) is 0.503. The summed E-state index contributed by atoms with van der Waals surface area (Å²) < 4.78 is 1.90. The molecular weight excluding hydrogens is 457 g/mol. The minimum Gasteiger partial charge on any atom is -0.309 e. The van der Waals surface area contributed by atoms with Crippen LogP contribution in [0.2, 0.25) is 0 Å². The van der Waals surface area contributed by atoms with Crippen LogP contribution in [-0.2, 0) is 39.3 Å². The molecule has 4 nitrogen and oxygen atoms in total. The SMILES string of the molecule is C.C.C.CC(C)NCc1ccn(-c2ccccc2)n1.CC(C)c1cccc(C#N)c1.[Y]. The maximum atomic E-state index is 8.59. The van der Waals surface area contributed by atoms with E-state index in [-0.39, 0.29) is 55.0 Å². The van der Waals surface area contributed by atoms with Crippen LogP contribution in [0.3, 0.4) is 0 Å². The van der Waals surface area contributed by atoms with Gasteiger partial charge in [0.15, 0.2) is 0 Å². The van der Waals surface area contributed by atoms with Gasteiger partial charge in [-0.3, -0.25) is 0 Å². The van der Waals surface area contributed by atoms with E-state index in [1.165, 1.54) is 5.56 Å². The fourth-order valence-electron chi connectivity index (χ4n) is 2.46. The van der Waals surface area contributed by atoms with Gasteiger partial charge in [0.1, 0.15) is 0 Å². The average molecular weight is 498 g/mol. The zero-order valence-electron chi connectivity index (χ0n) is 17.1. The molecule has 0 aliphatic heterocycles. The van der Waals surface area contributed by atoms with E-state index in [0.29, 0.717) is 12.0 Å². The van der Waals surface area contributed by atoms with Crippen molar-refractivity contribution >= 4 is 0 Å². The molecule has 0 spiro atoms. The molecule has 0 saturated heterocycles. The molecule has 1 aromatic heterocycles. The Hall–Kier alpha value is -1.80. The molecule has 1 radical (unpaired) electrons. The Labute approximate surface area is 216 Å². The predicted octanol–water partition coefficient (Wildman–Crippen LogP) is 6.96. The fraction of sp³-hybridized carbons (Fsp3) is 0.385. The Morgan fingerprint density at radius 2 is 1.58 bits per heavy atom. The first-order valence-corrected chi connectivity index (χ1v) is 9.33. The van der Waals surface area contributed by atoms with Crippen LogP contribution >= 0.6 is 0 Å². The smallest absolute Gasteiger partial charge is 0.0991 e. The van der Waals surface area contributed by atoms with Gasteiger partial charge in [-0.2, -0.15) is 10.4 Å². The quantitative estimate of drug-likeness (QED) is 0.415. The maximum Gasteiger partial charge on any atom is 0.0991 e. The van der Waals surface area contributed by atoms with Crippen molar-refractivity contribution in [1.29, 1.82) is 5.26 Å². The monoisotopic (exact) mass is 497 g/mol. The Morgan fingerprint density at radius 3 is 2.13 bits per heavy atom. The van der Waals surface area contributed by atoms with Crippen molar-refractivity contribution < 1.29 is 32.7 Å². The number of para-hydroxylation sites is 1. The minimum atomic E-state index is 0. The Balaban J connectivity index is -0.000000471. The van der Waals surface area contributed by atoms with Crippen molar-refractivity contribution in [3.63, 3.8) is 0 Å². The molecule has 3 rings (SSSR count). The van der Waals surface area contributed by atoms with Gasteiger partial charge < -0.3 is 5.32 Å². The summed E-state index contributed by atoms with van der Waals surface area (Å²) in [6, 6.07) is 22.5. The van der Waals surface area contributed by atoms with E-state index in [0.717, 1.165) is 23.5 Å².